The quantitative estimate of drug-likeness (QED) is 0.516. The van der Waals surface area contributed by atoms with Gasteiger partial charge < -0.3 is 24.4 Å². The highest BCUT2D eigenvalue weighted by Gasteiger charge is 2.28. The van der Waals surface area contributed by atoms with Crippen LogP contribution in [0, 0.1) is 0 Å². The summed E-state index contributed by atoms with van der Waals surface area (Å²) < 4.78 is 27.8. The molecule has 0 rings (SSSR count). The van der Waals surface area contributed by atoms with Crippen LogP contribution < -0.4 is 10.6 Å². The van der Waals surface area contributed by atoms with Crippen molar-refractivity contribution in [3.8, 4) is 0 Å². The van der Waals surface area contributed by atoms with Gasteiger partial charge in [0.15, 0.2) is 0 Å². The third-order valence-corrected chi connectivity index (χ3v) is 5.21. The predicted molar refractivity (Wildman–Crippen MR) is 100 cm³/mol. The van der Waals surface area contributed by atoms with Crippen molar-refractivity contribution in [2.45, 2.75) is 52.7 Å². The molecular weight excluding hydrogens is 367 g/mol. The Morgan fingerprint density at radius 1 is 1.16 bits per heavy atom. The number of carbonyl (C=O) groups excluding carboxylic acids is 2. The van der Waals surface area contributed by atoms with Gasteiger partial charge in [0.1, 0.15) is 17.9 Å². The van der Waals surface area contributed by atoms with Gasteiger partial charge in [0, 0.05) is 0 Å². The Balaban J connectivity index is 4.82. The second kappa shape index (κ2) is 11.8. The summed E-state index contributed by atoms with van der Waals surface area (Å²) in [5, 5.41) is 5.09. The number of rotatable bonds is 11. The summed E-state index contributed by atoms with van der Waals surface area (Å²) in [6.07, 6.45) is 1.39. The van der Waals surface area contributed by atoms with Gasteiger partial charge in [0.05, 0.1) is 13.2 Å². The van der Waals surface area contributed by atoms with Gasteiger partial charge in [-0.25, -0.2) is 4.79 Å². The molecule has 0 saturated heterocycles. The van der Waals surface area contributed by atoms with E-state index in [4.69, 9.17) is 13.8 Å². The Labute approximate surface area is 154 Å². The van der Waals surface area contributed by atoms with E-state index in [1.165, 1.54) is 0 Å². The van der Waals surface area contributed by atoms with E-state index in [0.29, 0.717) is 12.2 Å². The number of carbonyl (C=O) groups is 2. The number of amides is 2. The lowest BCUT2D eigenvalue weighted by atomic mass is 10.2. The molecule has 0 aliphatic heterocycles. The molecule has 0 heterocycles. The SMILES string of the molecule is CCOP(=O)(CNC(=O)C(CCSC)NC(=O)OC(C)(C)C)OCC. The van der Waals surface area contributed by atoms with Gasteiger partial charge in [-0.1, -0.05) is 0 Å². The standard InChI is InChI=1S/C15H31N2O6PS/c1-7-21-24(20,22-8-2)11-16-13(18)12(9-10-25-6)17-14(19)23-15(3,4)5/h12H,7-11H2,1-6H3,(H,16,18)(H,17,19). The number of alkyl carbamates (subject to hydrolysis) is 1. The first-order valence-corrected chi connectivity index (χ1v) is 11.3. The minimum absolute atomic E-state index is 0.208. The average Bonchev–Trinajstić information content (AvgIpc) is 2.47. The fourth-order valence-corrected chi connectivity index (χ4v) is 3.64. The lowest BCUT2D eigenvalue weighted by molar-refractivity contribution is -0.123. The van der Waals surface area contributed by atoms with Gasteiger partial charge in [-0.3, -0.25) is 9.36 Å². The molecule has 8 nitrogen and oxygen atoms in total. The highest BCUT2D eigenvalue weighted by molar-refractivity contribution is 7.98. The van der Waals surface area contributed by atoms with Crippen LogP contribution in [0.3, 0.4) is 0 Å². The Hall–Kier alpha value is -0.760. The molecule has 2 N–H and O–H groups in total. The summed E-state index contributed by atoms with van der Waals surface area (Å²) in [5.41, 5.74) is -0.662. The van der Waals surface area contributed by atoms with Crippen molar-refractivity contribution in [3.05, 3.63) is 0 Å². The van der Waals surface area contributed by atoms with Crippen LogP contribution in [-0.4, -0.2) is 55.2 Å². The molecule has 148 valence electrons. The lowest BCUT2D eigenvalue weighted by Crippen LogP contribution is -2.48. The van der Waals surface area contributed by atoms with Crippen molar-refractivity contribution in [1.29, 1.82) is 0 Å². The van der Waals surface area contributed by atoms with Crippen molar-refractivity contribution >= 4 is 31.4 Å². The van der Waals surface area contributed by atoms with E-state index in [-0.39, 0.29) is 19.5 Å². The number of hydrogen-bond donors (Lipinski definition) is 2. The molecule has 0 aromatic heterocycles. The van der Waals surface area contributed by atoms with Crippen LogP contribution in [0.2, 0.25) is 0 Å². The molecule has 0 aliphatic carbocycles. The molecule has 0 aromatic carbocycles. The minimum Gasteiger partial charge on any atom is -0.444 e. The van der Waals surface area contributed by atoms with Gasteiger partial charge >= 0.3 is 13.7 Å². The molecule has 0 aromatic rings. The molecule has 0 fully saturated rings. The summed E-state index contributed by atoms with van der Waals surface area (Å²) in [6.45, 7) is 9.02. The van der Waals surface area contributed by atoms with Gasteiger partial charge in [0.25, 0.3) is 0 Å². The number of hydrogen-bond acceptors (Lipinski definition) is 7. The van der Waals surface area contributed by atoms with E-state index in [1.54, 1.807) is 46.4 Å². The Morgan fingerprint density at radius 3 is 2.16 bits per heavy atom. The third-order valence-electron chi connectivity index (χ3n) is 2.72. The molecule has 0 aliphatic rings. The fraction of sp³-hybridized carbons (Fsp3) is 0.867. The van der Waals surface area contributed by atoms with E-state index >= 15 is 0 Å². The van der Waals surface area contributed by atoms with E-state index in [9.17, 15) is 14.2 Å². The van der Waals surface area contributed by atoms with Gasteiger partial charge in [0.2, 0.25) is 5.91 Å². The zero-order chi connectivity index (χ0) is 19.5. The maximum atomic E-state index is 12.4. The highest BCUT2D eigenvalue weighted by atomic mass is 32.2. The van der Waals surface area contributed by atoms with E-state index < -0.39 is 31.2 Å². The van der Waals surface area contributed by atoms with Crippen molar-refractivity contribution in [2.24, 2.45) is 0 Å². The smallest absolute Gasteiger partial charge is 0.408 e. The van der Waals surface area contributed by atoms with Crippen LogP contribution in [0.25, 0.3) is 0 Å². The van der Waals surface area contributed by atoms with Crippen LogP contribution in [0.4, 0.5) is 4.79 Å². The molecule has 10 heteroatoms. The van der Waals surface area contributed by atoms with Gasteiger partial charge in [-0.2, -0.15) is 11.8 Å². The first-order chi connectivity index (χ1) is 11.6. The zero-order valence-electron chi connectivity index (χ0n) is 15.9. The average molecular weight is 398 g/mol. The number of thioether (sulfide) groups is 1. The van der Waals surface area contributed by atoms with Crippen LogP contribution >= 0.6 is 19.4 Å². The maximum absolute atomic E-state index is 12.4. The molecule has 0 spiro atoms. The first kappa shape index (κ1) is 24.2. The molecule has 1 unspecified atom stereocenters. The summed E-state index contributed by atoms with van der Waals surface area (Å²) in [4.78, 5) is 24.3. The van der Waals surface area contributed by atoms with Crippen LogP contribution in [0.1, 0.15) is 41.0 Å². The molecule has 2 amide bonds. The monoisotopic (exact) mass is 398 g/mol. The normalized spacial score (nSPS) is 13.2. The van der Waals surface area contributed by atoms with E-state index in [2.05, 4.69) is 10.6 Å². The summed E-state index contributed by atoms with van der Waals surface area (Å²) >= 11 is 1.55. The van der Waals surface area contributed by atoms with E-state index in [1.807, 2.05) is 6.26 Å². The Morgan fingerprint density at radius 2 is 1.72 bits per heavy atom. The minimum atomic E-state index is -3.39. The molecule has 25 heavy (non-hydrogen) atoms. The van der Waals surface area contributed by atoms with Crippen LogP contribution in [0.5, 0.6) is 0 Å². The van der Waals surface area contributed by atoms with Crippen LogP contribution in [-0.2, 0) is 23.1 Å². The number of nitrogens with one attached hydrogen (secondary N) is 2. The zero-order valence-corrected chi connectivity index (χ0v) is 17.6. The highest BCUT2D eigenvalue weighted by Crippen LogP contribution is 2.46. The summed E-state index contributed by atoms with van der Waals surface area (Å²) in [6, 6.07) is -0.793. The van der Waals surface area contributed by atoms with E-state index in [0.717, 1.165) is 0 Å². The topological polar surface area (TPSA) is 103 Å². The molecule has 0 bridgehead atoms. The summed E-state index contributed by atoms with van der Waals surface area (Å²) in [7, 11) is -3.39. The molecule has 1 atom stereocenters. The third kappa shape index (κ3) is 11.5. The number of ether oxygens (including phenoxy) is 1. The maximum Gasteiger partial charge on any atom is 0.408 e. The van der Waals surface area contributed by atoms with Crippen molar-refractivity contribution in [1.82, 2.24) is 10.6 Å². The molecular formula is C15H31N2O6PS. The summed E-state index contributed by atoms with van der Waals surface area (Å²) in [5.74, 6) is 0.210. The van der Waals surface area contributed by atoms with Crippen molar-refractivity contribution in [2.75, 3.05) is 31.5 Å². The Bertz CT molecular complexity index is 459. The Kier molecular flexibility index (Phi) is 11.4. The second-order valence-corrected chi connectivity index (χ2v) is 9.17. The molecule has 0 saturated carbocycles. The van der Waals surface area contributed by atoms with Crippen molar-refractivity contribution in [3.63, 3.8) is 0 Å². The largest absolute Gasteiger partial charge is 0.444 e. The fourth-order valence-electron chi connectivity index (χ4n) is 1.77. The van der Waals surface area contributed by atoms with Gasteiger partial charge in [-0.15, -0.1) is 0 Å². The van der Waals surface area contributed by atoms with Crippen LogP contribution in [0.15, 0.2) is 0 Å². The predicted octanol–water partition coefficient (Wildman–Crippen LogP) is 2.97. The molecule has 0 radical (unpaired) electrons. The van der Waals surface area contributed by atoms with Crippen molar-refractivity contribution < 1.29 is 27.9 Å². The van der Waals surface area contributed by atoms with Gasteiger partial charge in [-0.05, 0) is 53.0 Å². The lowest BCUT2D eigenvalue weighted by Gasteiger charge is -2.24. The first-order valence-electron chi connectivity index (χ1n) is 8.21. The second-order valence-electron chi connectivity index (χ2n) is 6.13.